The van der Waals surface area contributed by atoms with Gasteiger partial charge in [-0.3, -0.25) is 4.79 Å². The molecule has 1 fully saturated rings. The maximum absolute atomic E-state index is 12.1. The molecule has 1 unspecified atom stereocenters. The van der Waals surface area contributed by atoms with Gasteiger partial charge in [-0.05, 0) is 42.5 Å². The van der Waals surface area contributed by atoms with Gasteiger partial charge in [0.05, 0.1) is 0 Å². The zero-order valence-corrected chi connectivity index (χ0v) is 11.8. The summed E-state index contributed by atoms with van der Waals surface area (Å²) in [6.45, 7) is 0.529. The van der Waals surface area contributed by atoms with Gasteiger partial charge in [0.1, 0.15) is 0 Å². The van der Waals surface area contributed by atoms with Gasteiger partial charge in [0.15, 0.2) is 0 Å². The highest BCUT2D eigenvalue weighted by molar-refractivity contribution is 6.30. The van der Waals surface area contributed by atoms with Crippen LogP contribution in [0.1, 0.15) is 18.4 Å². The van der Waals surface area contributed by atoms with Crippen LogP contribution < -0.4 is 5.73 Å². The fourth-order valence-corrected chi connectivity index (χ4v) is 2.30. The normalized spacial score (nSPS) is 16.6. The van der Waals surface area contributed by atoms with Gasteiger partial charge in [-0.2, -0.15) is 0 Å². The van der Waals surface area contributed by atoms with Crippen molar-refractivity contribution in [2.24, 2.45) is 11.7 Å². The van der Waals surface area contributed by atoms with E-state index in [2.05, 4.69) is 0 Å². The van der Waals surface area contributed by atoms with Crippen LogP contribution in [0.5, 0.6) is 0 Å². The molecule has 0 saturated heterocycles. The Kier molecular flexibility index (Phi) is 4.61. The molecule has 3 nitrogen and oxygen atoms in total. The molecule has 0 heterocycles. The van der Waals surface area contributed by atoms with Crippen molar-refractivity contribution in [1.82, 2.24) is 4.90 Å². The Balaban J connectivity index is 1.97. The summed E-state index contributed by atoms with van der Waals surface area (Å²) in [6.07, 6.45) is 5.75. The molecule has 4 heteroatoms. The smallest absolute Gasteiger partial charge is 0.246 e. The van der Waals surface area contributed by atoms with E-state index in [0.717, 1.165) is 5.56 Å². The van der Waals surface area contributed by atoms with Crippen LogP contribution in [0, 0.1) is 5.92 Å². The first-order chi connectivity index (χ1) is 9.11. The number of carbonyl (C=O) groups is 1. The third kappa shape index (κ3) is 3.82. The number of carbonyl (C=O) groups excluding carboxylic acids is 1. The second-order valence-corrected chi connectivity index (χ2v) is 5.41. The molecule has 0 radical (unpaired) electrons. The van der Waals surface area contributed by atoms with Crippen LogP contribution in [0.15, 0.2) is 30.3 Å². The third-order valence-corrected chi connectivity index (χ3v) is 3.79. The molecule has 1 saturated carbocycles. The Morgan fingerprint density at radius 3 is 2.63 bits per heavy atom. The summed E-state index contributed by atoms with van der Waals surface area (Å²) in [4.78, 5) is 13.8. The monoisotopic (exact) mass is 278 g/mol. The Hall–Kier alpha value is -1.32. The number of nitrogens with two attached hydrogens (primary N) is 1. The van der Waals surface area contributed by atoms with E-state index in [4.69, 9.17) is 17.3 Å². The van der Waals surface area contributed by atoms with E-state index in [1.54, 1.807) is 17.1 Å². The molecule has 19 heavy (non-hydrogen) atoms. The molecule has 1 aliphatic rings. The second-order valence-electron chi connectivity index (χ2n) is 4.97. The highest BCUT2D eigenvalue weighted by Gasteiger charge is 2.34. The zero-order valence-electron chi connectivity index (χ0n) is 11.1. The number of rotatable bonds is 5. The van der Waals surface area contributed by atoms with Crippen LogP contribution >= 0.6 is 11.6 Å². The van der Waals surface area contributed by atoms with Crippen molar-refractivity contribution in [2.45, 2.75) is 18.9 Å². The molecule has 2 rings (SSSR count). The van der Waals surface area contributed by atoms with Gasteiger partial charge in [-0.25, -0.2) is 0 Å². The molecule has 1 aromatic rings. The van der Waals surface area contributed by atoms with Crippen LogP contribution in [0.25, 0.3) is 6.08 Å². The van der Waals surface area contributed by atoms with Gasteiger partial charge in [0.25, 0.3) is 0 Å². The highest BCUT2D eigenvalue weighted by atomic mass is 35.5. The molecular weight excluding hydrogens is 260 g/mol. The Bertz CT molecular complexity index is 466. The molecule has 1 amide bonds. The first-order valence-corrected chi connectivity index (χ1v) is 6.90. The van der Waals surface area contributed by atoms with Crippen LogP contribution in [-0.4, -0.2) is 30.4 Å². The lowest BCUT2D eigenvalue weighted by Crippen LogP contribution is -2.42. The SMILES string of the molecule is CN(C(=O)/C=C/c1ccc(Cl)cc1)C(CN)C1CC1. The van der Waals surface area contributed by atoms with Crippen LogP contribution in [0.2, 0.25) is 5.02 Å². The minimum atomic E-state index is -0.00250. The molecule has 0 bridgehead atoms. The van der Waals surface area contributed by atoms with E-state index in [-0.39, 0.29) is 11.9 Å². The van der Waals surface area contributed by atoms with E-state index in [0.29, 0.717) is 17.5 Å². The molecule has 0 aromatic heterocycles. The first-order valence-electron chi connectivity index (χ1n) is 6.52. The van der Waals surface area contributed by atoms with Crippen molar-refractivity contribution in [2.75, 3.05) is 13.6 Å². The summed E-state index contributed by atoms with van der Waals surface area (Å²) in [5, 5.41) is 0.692. The summed E-state index contributed by atoms with van der Waals surface area (Å²) in [6, 6.07) is 7.55. The van der Waals surface area contributed by atoms with E-state index >= 15 is 0 Å². The maximum Gasteiger partial charge on any atom is 0.246 e. The standard InChI is InChI=1S/C15H19ClN2O/c1-18(14(10-17)12-5-6-12)15(19)9-4-11-2-7-13(16)8-3-11/h2-4,7-9,12,14H,5-6,10,17H2,1H3/b9-4+. The number of halogens is 1. The minimum Gasteiger partial charge on any atom is -0.338 e. The maximum atomic E-state index is 12.1. The lowest BCUT2D eigenvalue weighted by molar-refractivity contribution is -0.126. The lowest BCUT2D eigenvalue weighted by Gasteiger charge is -2.25. The van der Waals surface area contributed by atoms with Crippen molar-refractivity contribution >= 4 is 23.6 Å². The van der Waals surface area contributed by atoms with Gasteiger partial charge in [0.2, 0.25) is 5.91 Å². The summed E-state index contributed by atoms with van der Waals surface area (Å²) >= 11 is 5.81. The van der Waals surface area contributed by atoms with Crippen molar-refractivity contribution in [3.63, 3.8) is 0 Å². The van der Waals surface area contributed by atoms with Gasteiger partial charge in [0, 0.05) is 30.7 Å². The lowest BCUT2D eigenvalue weighted by atomic mass is 10.1. The minimum absolute atomic E-state index is 0.00250. The number of benzene rings is 1. The first kappa shape index (κ1) is 14.1. The number of amides is 1. The fourth-order valence-electron chi connectivity index (χ4n) is 2.17. The van der Waals surface area contributed by atoms with Crippen molar-refractivity contribution in [3.8, 4) is 0 Å². The van der Waals surface area contributed by atoms with E-state index in [1.165, 1.54) is 12.8 Å². The molecule has 0 spiro atoms. The van der Waals surface area contributed by atoms with Gasteiger partial charge >= 0.3 is 0 Å². The predicted molar refractivity (Wildman–Crippen MR) is 78.8 cm³/mol. The molecule has 1 atom stereocenters. The Labute approximate surface area is 119 Å². The Morgan fingerprint density at radius 2 is 2.11 bits per heavy atom. The molecule has 0 aliphatic heterocycles. The average Bonchev–Trinajstić information content (AvgIpc) is 3.23. The number of hydrogen-bond donors (Lipinski definition) is 1. The number of likely N-dealkylation sites (N-methyl/N-ethyl adjacent to an activating group) is 1. The van der Waals surface area contributed by atoms with Gasteiger partial charge in [-0.1, -0.05) is 23.7 Å². The van der Waals surface area contributed by atoms with Crippen molar-refractivity contribution in [3.05, 3.63) is 40.9 Å². The molecule has 2 N–H and O–H groups in total. The summed E-state index contributed by atoms with van der Waals surface area (Å²) < 4.78 is 0. The molecule has 1 aromatic carbocycles. The van der Waals surface area contributed by atoms with Crippen molar-refractivity contribution in [1.29, 1.82) is 0 Å². The number of nitrogens with zero attached hydrogens (tertiary/aromatic N) is 1. The van der Waals surface area contributed by atoms with Gasteiger partial charge < -0.3 is 10.6 Å². The molecule has 1 aliphatic carbocycles. The molecule has 102 valence electrons. The second kappa shape index (κ2) is 6.22. The van der Waals surface area contributed by atoms with E-state index in [9.17, 15) is 4.79 Å². The third-order valence-electron chi connectivity index (χ3n) is 3.54. The summed E-state index contributed by atoms with van der Waals surface area (Å²) in [5.74, 6) is 0.584. The zero-order chi connectivity index (χ0) is 13.8. The Morgan fingerprint density at radius 1 is 1.47 bits per heavy atom. The van der Waals surface area contributed by atoms with Crippen LogP contribution in [0.4, 0.5) is 0 Å². The van der Waals surface area contributed by atoms with Crippen LogP contribution in [0.3, 0.4) is 0 Å². The average molecular weight is 279 g/mol. The summed E-state index contributed by atoms with van der Waals surface area (Å²) in [7, 11) is 1.82. The predicted octanol–water partition coefficient (Wildman–Crippen LogP) is 2.55. The summed E-state index contributed by atoms with van der Waals surface area (Å²) in [5.41, 5.74) is 6.70. The van der Waals surface area contributed by atoms with Crippen molar-refractivity contribution < 1.29 is 4.79 Å². The number of hydrogen-bond acceptors (Lipinski definition) is 2. The van der Waals surface area contributed by atoms with Gasteiger partial charge in [-0.15, -0.1) is 0 Å². The van der Waals surface area contributed by atoms with E-state index < -0.39 is 0 Å². The molecular formula is C15H19ClN2O. The van der Waals surface area contributed by atoms with E-state index in [1.807, 2.05) is 31.3 Å². The van der Waals surface area contributed by atoms with Crippen LogP contribution in [-0.2, 0) is 4.79 Å². The topological polar surface area (TPSA) is 46.3 Å². The fraction of sp³-hybridized carbons (Fsp3) is 0.400. The largest absolute Gasteiger partial charge is 0.338 e. The quantitative estimate of drug-likeness (QED) is 0.842. The highest BCUT2D eigenvalue weighted by Crippen LogP contribution is 2.34.